The van der Waals surface area contributed by atoms with Gasteiger partial charge in [0, 0.05) is 88.8 Å². The Labute approximate surface area is 722 Å². The number of nitrogens with zero attached hydrogens (tertiary/aromatic N) is 4. The number of H-pyrrole nitrogens is 4. The third kappa shape index (κ3) is 13.8. The molecule has 0 unspecified atom stereocenters. The predicted octanol–water partition coefficient (Wildman–Crippen LogP) is 21.8. The van der Waals surface area contributed by atoms with Crippen LogP contribution < -0.4 is 21.4 Å². The Hall–Kier alpha value is -15.6. The first-order valence-electron chi connectivity index (χ1n) is 36.9. The van der Waals surface area contributed by atoms with Gasteiger partial charge in [0.25, 0.3) is 0 Å². The van der Waals surface area contributed by atoms with Crippen molar-refractivity contribution in [2.24, 2.45) is 20.0 Å². The Kier molecular flexibility index (Phi) is 22.6. The van der Waals surface area contributed by atoms with Crippen molar-refractivity contribution in [2.45, 2.75) is 12.8 Å². The molecule has 8 nitrogen and oxygen atoms in total. The number of halogens is 40. The Morgan fingerprint density at radius 1 is 0.154 bits per heavy atom. The Bertz CT molecular complexity index is 8030. The van der Waals surface area contributed by atoms with Crippen LogP contribution in [0.1, 0.15) is 80.1 Å². The highest BCUT2D eigenvalue weighted by Gasteiger charge is 2.43. The van der Waals surface area contributed by atoms with Gasteiger partial charge >= 0.3 is 0 Å². The van der Waals surface area contributed by atoms with Crippen molar-refractivity contribution in [3.63, 3.8) is 0 Å². The van der Waals surface area contributed by atoms with Gasteiger partial charge in [0.15, 0.2) is 186 Å². The summed E-state index contributed by atoms with van der Waals surface area (Å²) in [6, 6.07) is 2.11. The summed E-state index contributed by atoms with van der Waals surface area (Å²) in [5, 5.41) is -5.77. The van der Waals surface area contributed by atoms with Crippen molar-refractivity contribution < 1.29 is 176 Å². The van der Waals surface area contributed by atoms with Crippen LogP contribution in [0.5, 0.6) is 0 Å². The van der Waals surface area contributed by atoms with E-state index >= 15 is 176 Å². The van der Waals surface area contributed by atoms with E-state index < -0.39 is 424 Å². The van der Waals surface area contributed by atoms with Gasteiger partial charge in [-0.3, -0.25) is 4.99 Å². The van der Waals surface area contributed by atoms with Gasteiger partial charge < -0.3 is 19.9 Å². The fourth-order valence-electron chi connectivity index (χ4n) is 15.4. The second-order valence-corrected chi connectivity index (χ2v) is 28.9. The summed E-state index contributed by atoms with van der Waals surface area (Å²) in [7, 11) is 0. The maximum absolute atomic E-state index is 16.9. The molecule has 16 bridgehead atoms. The molecule has 48 heteroatoms. The number of nitrogens with one attached hydrogen (secondary N) is 4. The molecule has 0 aliphatic carbocycles. The molecule has 12 aromatic rings. The predicted molar refractivity (Wildman–Crippen MR) is 392 cm³/mol. The van der Waals surface area contributed by atoms with E-state index in [1.165, 1.54) is 0 Å². The lowest BCUT2D eigenvalue weighted by Gasteiger charge is -2.15. The van der Waals surface area contributed by atoms with E-state index in [9.17, 15) is 0 Å². The summed E-state index contributed by atoms with van der Waals surface area (Å²) < 4.78 is 645. The van der Waals surface area contributed by atoms with E-state index in [4.69, 9.17) is 0 Å². The van der Waals surface area contributed by atoms with Crippen LogP contribution in [0.3, 0.4) is 0 Å². The first-order chi connectivity index (χ1) is 64.2. The molecule has 0 spiro atoms. The van der Waals surface area contributed by atoms with Crippen LogP contribution in [-0.2, 0) is 0 Å². The van der Waals surface area contributed by atoms with Crippen LogP contribution in [0.25, 0.3) is 44.6 Å². The smallest absolute Gasteiger partial charge is 0.200 e. The minimum Gasteiger partial charge on any atom is -0.354 e. The van der Waals surface area contributed by atoms with Crippen molar-refractivity contribution in [1.82, 2.24) is 19.9 Å². The molecule has 5 aliphatic rings. The number of aromatic nitrogens is 4. The Morgan fingerprint density at radius 2 is 0.324 bits per heavy atom. The number of fused-ring (bicyclic) bond motifs is 12. The quantitative estimate of drug-likeness (QED) is 0.0660. The molecule has 4 aromatic heterocycles. The Morgan fingerprint density at radius 3 is 0.537 bits per heavy atom. The van der Waals surface area contributed by atoms with Crippen molar-refractivity contribution in [2.75, 3.05) is 0 Å². The van der Waals surface area contributed by atoms with Crippen molar-refractivity contribution >= 4 is 67.4 Å². The SMILES string of the molecule is Fc1c(F)c(F)c(C2=C3C=CC(=N3)C(c3c(F)c(F)c(F)c(F)c3F)=c3ccc([nH]3)=C(c3c(F)c(F)c(F)c(F)c3F)C3=NC(=C(c4c(F)c(F)c(F)c(F)c4F)c4ccc([nH]4)C(c4c(F)c(F)c(F)c(F)c4F)=C4CCC(=N4)C(c4c(F)c(F)c(F)c(F)c4F)=c4ccc([nH]4)=C(c4c(F)c(F)c(F)c(F)c4F)C4=NC(=C(c5c(F)c(F)c(F)c(F)c5F)c5ccc2[nH]5)C=C4)C=C3)c(F)c1F. The molecule has 5 aliphatic heterocycles. The van der Waals surface area contributed by atoms with Gasteiger partial charge in [0.1, 0.15) is 0 Å². The van der Waals surface area contributed by atoms with E-state index in [1.807, 2.05) is 19.9 Å². The van der Waals surface area contributed by atoms with Gasteiger partial charge in [0.05, 0.1) is 90.1 Å². The fourth-order valence-corrected chi connectivity index (χ4v) is 15.4. The van der Waals surface area contributed by atoms with E-state index in [-0.39, 0.29) is 85.0 Å². The third-order valence-electron chi connectivity index (χ3n) is 21.5. The lowest BCUT2D eigenvalue weighted by Crippen LogP contribution is -2.24. The molecule has 0 atom stereocenters. The first-order valence-corrected chi connectivity index (χ1v) is 36.9. The highest BCUT2D eigenvalue weighted by Crippen LogP contribution is 2.48. The maximum Gasteiger partial charge on any atom is 0.200 e. The molecule has 0 saturated heterocycles. The zero-order valence-electron chi connectivity index (χ0n) is 64.4. The van der Waals surface area contributed by atoms with Crippen LogP contribution in [0.15, 0.2) is 128 Å². The average molecular weight is 1950 g/mol. The molecule has 0 saturated carbocycles. The molecule has 17 rings (SSSR count). The van der Waals surface area contributed by atoms with Crippen molar-refractivity contribution in [3.8, 4) is 0 Å². The van der Waals surface area contributed by atoms with E-state index in [2.05, 4.69) is 20.0 Å². The van der Waals surface area contributed by atoms with Crippen LogP contribution in [0, 0.1) is 233 Å². The molecule has 4 N–H and O–H groups in total. The fraction of sp³-hybridized carbons (Fsp3) is 0.0227. The van der Waals surface area contributed by atoms with Gasteiger partial charge in [0.2, 0.25) is 46.5 Å². The maximum atomic E-state index is 16.9. The number of rotatable bonds is 8. The molecular formula is C88H22F40N8. The van der Waals surface area contributed by atoms with Gasteiger partial charge in [-0.1, -0.05) is 0 Å². The number of allylic oxidation sites excluding steroid dienone is 7. The highest BCUT2D eigenvalue weighted by molar-refractivity contribution is 6.33. The van der Waals surface area contributed by atoms with E-state index in [1.54, 1.807) is 0 Å². The summed E-state index contributed by atoms with van der Waals surface area (Å²) in [4.78, 5) is 23.6. The van der Waals surface area contributed by atoms with Crippen LogP contribution >= 0.6 is 0 Å². The number of hydrogen-bond donors (Lipinski definition) is 4. The lowest BCUT2D eigenvalue weighted by atomic mass is 9.95. The molecule has 136 heavy (non-hydrogen) atoms. The summed E-state index contributed by atoms with van der Waals surface area (Å²) in [6.45, 7) is 0. The standard InChI is InChI=1S/C88H22F40N8/c89-49-41(50(90)66(106)81(121)65(49)105)33-17-1-2-18(129-17)34(42-51(91)67(107)82(122)68(108)52(42)92)20-5-6-22(131-20)36(44-55(95)71(111)84(124)72(112)56(44)96)24-9-10-26(133-24)38(46-59(99)75(115)86(126)76(116)60(46)100)28-13-14-30(135-28)40(48-63(103)79(119)88(128)80(120)64(48)104)32-16-15-31(136-32)39(47-61(101)77(117)87(127)78(118)62(47)102)29-12-11-27(134-29)37(45-57(97)73(113)85(125)74(114)58(45)98)25-8-7-23(132-25)35(21-4-3-19(33)130-21)43-53(93)69(109)83(123)70(110)54(43)94/h1-14,130-131,134-135H,15-16H2. The monoisotopic (exact) mass is 1950 g/mol. The van der Waals surface area contributed by atoms with Gasteiger partial charge in [-0.2, -0.15) is 0 Å². The summed E-state index contributed by atoms with van der Waals surface area (Å²) in [5.41, 5.74) is -50.6. The van der Waals surface area contributed by atoms with E-state index in [0.29, 0.717) is 0 Å². The number of aromatic amines is 4. The summed E-state index contributed by atoms with van der Waals surface area (Å²) >= 11 is 0. The van der Waals surface area contributed by atoms with Gasteiger partial charge in [-0.05, 0) is 97.8 Å². The Balaban J connectivity index is 1.09. The zero-order valence-corrected chi connectivity index (χ0v) is 64.4. The lowest BCUT2D eigenvalue weighted by molar-refractivity contribution is 0.376. The van der Waals surface area contributed by atoms with Crippen molar-refractivity contribution in [1.29, 1.82) is 0 Å². The summed E-state index contributed by atoms with van der Waals surface area (Å²) in [6.07, 6.45) is -1.38. The van der Waals surface area contributed by atoms with Crippen LogP contribution in [0.4, 0.5) is 176 Å². The minimum absolute atomic E-state index is 0.220. The number of hydrogen-bond acceptors (Lipinski definition) is 4. The topological polar surface area (TPSA) is 113 Å². The molecule has 8 aromatic carbocycles. The summed E-state index contributed by atoms with van der Waals surface area (Å²) in [5.74, 6) is -120. The minimum atomic E-state index is -3.06. The second-order valence-electron chi connectivity index (χ2n) is 28.9. The van der Waals surface area contributed by atoms with Crippen molar-refractivity contribution in [3.05, 3.63) is 429 Å². The van der Waals surface area contributed by atoms with E-state index in [0.717, 1.165) is 0 Å². The molecular weight excluding hydrogens is 1930 g/mol. The average Bonchev–Trinajstić information content (AvgIpc) is 1.60. The largest absolute Gasteiger partial charge is 0.354 e. The molecule has 694 valence electrons. The van der Waals surface area contributed by atoms with Gasteiger partial charge in [-0.25, -0.2) is 191 Å². The molecule has 0 radical (unpaired) electrons. The normalized spacial score (nSPS) is 14.8. The molecule has 0 fully saturated rings. The highest BCUT2D eigenvalue weighted by atomic mass is 19.2. The molecule has 0 amide bonds. The van der Waals surface area contributed by atoms with Crippen LogP contribution in [-0.4, -0.2) is 42.8 Å². The number of aliphatic imine (C=N–C) groups is 4. The van der Waals surface area contributed by atoms with Gasteiger partial charge in [-0.15, -0.1) is 0 Å². The zero-order chi connectivity index (χ0) is 98.5. The first kappa shape index (κ1) is 92.3. The third-order valence-corrected chi connectivity index (χ3v) is 21.5. The number of benzene rings is 8. The van der Waals surface area contributed by atoms with Crippen LogP contribution in [0.2, 0.25) is 0 Å². The molecule has 9 heterocycles. The second kappa shape index (κ2) is 33.3.